The second-order valence-corrected chi connectivity index (χ2v) is 4.02. The molecule has 13 heavy (non-hydrogen) atoms. The number of rotatable bonds is 0. The quantitative estimate of drug-likeness (QED) is 0.707. The third-order valence-corrected chi connectivity index (χ3v) is 3.10. The molecular formula is C9H10BrN3. The number of aryl methyl sites for hydroxylation is 2. The van der Waals surface area contributed by atoms with E-state index in [4.69, 9.17) is 0 Å². The van der Waals surface area contributed by atoms with Crippen molar-refractivity contribution in [2.45, 2.75) is 13.8 Å². The fourth-order valence-corrected chi connectivity index (χ4v) is 1.89. The van der Waals surface area contributed by atoms with Crippen LogP contribution in [-0.2, 0) is 7.05 Å². The molecule has 0 aliphatic carbocycles. The molecule has 0 aliphatic heterocycles. The zero-order valence-electron chi connectivity index (χ0n) is 7.80. The molecule has 0 N–H and O–H groups in total. The summed E-state index contributed by atoms with van der Waals surface area (Å²) in [6.07, 6.45) is 0. The molecule has 68 valence electrons. The summed E-state index contributed by atoms with van der Waals surface area (Å²) in [6, 6.07) is 2.00. The van der Waals surface area contributed by atoms with Crippen molar-refractivity contribution in [3.63, 3.8) is 0 Å². The van der Waals surface area contributed by atoms with Gasteiger partial charge >= 0.3 is 0 Å². The molecule has 2 rings (SSSR count). The predicted molar refractivity (Wildman–Crippen MR) is 55.7 cm³/mol. The smallest absolute Gasteiger partial charge is 0.116 e. The predicted octanol–water partition coefficient (Wildman–Crippen LogP) is 2.35. The molecule has 3 nitrogen and oxygen atoms in total. The van der Waals surface area contributed by atoms with Crippen molar-refractivity contribution >= 4 is 27.0 Å². The maximum Gasteiger partial charge on any atom is 0.116 e. The minimum atomic E-state index is 0.942. The Morgan fingerprint density at radius 1 is 1.23 bits per heavy atom. The Morgan fingerprint density at radius 2 is 1.92 bits per heavy atom. The van der Waals surface area contributed by atoms with E-state index in [1.807, 2.05) is 13.1 Å². The van der Waals surface area contributed by atoms with Gasteiger partial charge in [-0.15, -0.1) is 0 Å². The Balaban J connectivity index is 2.92. The van der Waals surface area contributed by atoms with Crippen LogP contribution in [0.1, 0.15) is 11.1 Å². The maximum absolute atomic E-state index is 4.30. The average molecular weight is 240 g/mol. The van der Waals surface area contributed by atoms with E-state index < -0.39 is 0 Å². The summed E-state index contributed by atoms with van der Waals surface area (Å²) in [5.74, 6) is 0. The van der Waals surface area contributed by atoms with Crippen LogP contribution in [0.5, 0.6) is 0 Å². The highest BCUT2D eigenvalue weighted by molar-refractivity contribution is 9.10. The number of nitrogens with zero attached hydrogens (tertiary/aromatic N) is 3. The molecule has 1 heterocycles. The van der Waals surface area contributed by atoms with Gasteiger partial charge in [0.1, 0.15) is 11.0 Å². The topological polar surface area (TPSA) is 30.7 Å². The molecule has 0 spiro atoms. The monoisotopic (exact) mass is 239 g/mol. The number of halogens is 1. The van der Waals surface area contributed by atoms with Crippen LogP contribution in [0.25, 0.3) is 11.0 Å². The van der Waals surface area contributed by atoms with Crippen LogP contribution in [0.2, 0.25) is 0 Å². The number of aromatic nitrogens is 3. The third-order valence-electron chi connectivity index (χ3n) is 2.28. The molecule has 0 fully saturated rings. The first-order valence-electron chi connectivity index (χ1n) is 4.06. The number of hydrogen-bond acceptors (Lipinski definition) is 2. The fourth-order valence-electron chi connectivity index (χ4n) is 1.37. The summed E-state index contributed by atoms with van der Waals surface area (Å²) in [4.78, 5) is 1.60. The van der Waals surface area contributed by atoms with Gasteiger partial charge in [0.2, 0.25) is 0 Å². The highest BCUT2D eigenvalue weighted by Crippen LogP contribution is 2.25. The van der Waals surface area contributed by atoms with Gasteiger partial charge in [-0.1, -0.05) is 15.9 Å². The van der Waals surface area contributed by atoms with Crippen LogP contribution in [0.15, 0.2) is 10.5 Å². The Hall–Kier alpha value is -0.900. The molecule has 0 saturated heterocycles. The van der Waals surface area contributed by atoms with Crippen LogP contribution in [0.3, 0.4) is 0 Å². The van der Waals surface area contributed by atoms with E-state index in [9.17, 15) is 0 Å². The van der Waals surface area contributed by atoms with Crippen LogP contribution >= 0.6 is 15.9 Å². The number of benzene rings is 1. The Labute approximate surface area is 84.9 Å². The van der Waals surface area contributed by atoms with E-state index in [1.165, 1.54) is 11.1 Å². The first kappa shape index (κ1) is 8.69. The summed E-state index contributed by atoms with van der Waals surface area (Å²) in [5.41, 5.74) is 4.35. The van der Waals surface area contributed by atoms with E-state index in [1.54, 1.807) is 4.80 Å². The molecule has 2 aromatic rings. The molecule has 0 bridgehead atoms. The lowest BCUT2D eigenvalue weighted by atomic mass is 10.1. The van der Waals surface area contributed by atoms with Crippen molar-refractivity contribution < 1.29 is 0 Å². The first-order valence-corrected chi connectivity index (χ1v) is 4.85. The van der Waals surface area contributed by atoms with E-state index in [0.717, 1.165) is 15.5 Å². The molecule has 1 aromatic heterocycles. The normalized spacial score (nSPS) is 11.1. The standard InChI is InChI=1S/C9H10BrN3/c1-5-6(2)9-8(4-7(5)10)11-13(3)12-9/h4H,1-3H3. The Bertz CT molecular complexity index is 473. The fraction of sp³-hybridized carbons (Fsp3) is 0.333. The summed E-state index contributed by atoms with van der Waals surface area (Å²) < 4.78 is 1.10. The summed E-state index contributed by atoms with van der Waals surface area (Å²) in [7, 11) is 1.84. The van der Waals surface area contributed by atoms with Gasteiger partial charge in [-0.3, -0.25) is 0 Å². The second kappa shape index (κ2) is 2.80. The van der Waals surface area contributed by atoms with Gasteiger partial charge in [0, 0.05) is 11.5 Å². The lowest BCUT2D eigenvalue weighted by Gasteiger charge is -2.01. The Kier molecular flexibility index (Phi) is 1.87. The van der Waals surface area contributed by atoms with Gasteiger partial charge in [-0.2, -0.15) is 15.0 Å². The third kappa shape index (κ3) is 1.25. The highest BCUT2D eigenvalue weighted by Gasteiger charge is 2.08. The van der Waals surface area contributed by atoms with Crippen molar-refractivity contribution in [1.82, 2.24) is 15.0 Å². The highest BCUT2D eigenvalue weighted by atomic mass is 79.9. The van der Waals surface area contributed by atoms with Crippen molar-refractivity contribution in [2.75, 3.05) is 0 Å². The molecule has 1 aromatic carbocycles. The maximum atomic E-state index is 4.30. The van der Waals surface area contributed by atoms with Crippen LogP contribution < -0.4 is 0 Å². The van der Waals surface area contributed by atoms with E-state index in [2.05, 4.69) is 40.0 Å². The molecule has 0 unspecified atom stereocenters. The van der Waals surface area contributed by atoms with Gasteiger partial charge in [0.15, 0.2) is 0 Å². The summed E-state index contributed by atoms with van der Waals surface area (Å²) in [6.45, 7) is 4.14. The molecule has 0 atom stereocenters. The molecule has 4 heteroatoms. The molecule has 0 amide bonds. The van der Waals surface area contributed by atoms with Gasteiger partial charge < -0.3 is 0 Å². The van der Waals surface area contributed by atoms with E-state index in [-0.39, 0.29) is 0 Å². The van der Waals surface area contributed by atoms with Gasteiger partial charge in [-0.05, 0) is 31.0 Å². The lowest BCUT2D eigenvalue weighted by molar-refractivity contribution is 0.665. The lowest BCUT2D eigenvalue weighted by Crippen LogP contribution is -1.91. The largest absolute Gasteiger partial charge is 0.187 e. The molecule has 0 aliphatic rings. The Morgan fingerprint density at radius 3 is 2.62 bits per heavy atom. The zero-order valence-corrected chi connectivity index (χ0v) is 9.38. The van der Waals surface area contributed by atoms with Crippen molar-refractivity contribution in [2.24, 2.45) is 7.05 Å². The van der Waals surface area contributed by atoms with Crippen LogP contribution in [0, 0.1) is 13.8 Å². The number of hydrogen-bond donors (Lipinski definition) is 0. The van der Waals surface area contributed by atoms with Crippen LogP contribution in [-0.4, -0.2) is 15.0 Å². The SMILES string of the molecule is Cc1c(Br)cc2nn(C)nc2c1C. The number of fused-ring (bicyclic) bond motifs is 1. The van der Waals surface area contributed by atoms with Gasteiger partial charge in [0.05, 0.1) is 0 Å². The average Bonchev–Trinajstić information content (AvgIpc) is 2.42. The molecular weight excluding hydrogens is 230 g/mol. The summed E-state index contributed by atoms with van der Waals surface area (Å²) in [5, 5.41) is 8.55. The molecule has 0 saturated carbocycles. The summed E-state index contributed by atoms with van der Waals surface area (Å²) >= 11 is 3.50. The van der Waals surface area contributed by atoms with Gasteiger partial charge in [-0.25, -0.2) is 0 Å². The van der Waals surface area contributed by atoms with Gasteiger partial charge in [0.25, 0.3) is 0 Å². The van der Waals surface area contributed by atoms with Crippen LogP contribution in [0.4, 0.5) is 0 Å². The first-order chi connectivity index (χ1) is 6.09. The second-order valence-electron chi connectivity index (χ2n) is 3.17. The van der Waals surface area contributed by atoms with Crippen molar-refractivity contribution in [3.8, 4) is 0 Å². The molecule has 0 radical (unpaired) electrons. The van der Waals surface area contributed by atoms with Crippen molar-refractivity contribution in [1.29, 1.82) is 0 Å². The minimum Gasteiger partial charge on any atom is -0.187 e. The zero-order chi connectivity index (χ0) is 9.59. The van der Waals surface area contributed by atoms with E-state index in [0.29, 0.717) is 0 Å². The van der Waals surface area contributed by atoms with Crippen molar-refractivity contribution in [3.05, 3.63) is 21.7 Å². The van der Waals surface area contributed by atoms with E-state index >= 15 is 0 Å². The minimum absolute atomic E-state index is 0.942.